The summed E-state index contributed by atoms with van der Waals surface area (Å²) < 4.78 is 5.31. The van der Waals surface area contributed by atoms with Crippen molar-refractivity contribution in [3.8, 4) is 0 Å². The van der Waals surface area contributed by atoms with Gasteiger partial charge in [0.1, 0.15) is 17.7 Å². The maximum absolute atomic E-state index is 13.9. The lowest BCUT2D eigenvalue weighted by Gasteiger charge is -2.35. The van der Waals surface area contributed by atoms with Crippen molar-refractivity contribution < 1.29 is 23.9 Å². The highest BCUT2D eigenvalue weighted by atomic mass is 16.6. The van der Waals surface area contributed by atoms with E-state index < -0.39 is 42.0 Å². The van der Waals surface area contributed by atoms with E-state index in [-0.39, 0.29) is 18.5 Å². The first-order chi connectivity index (χ1) is 16.7. The van der Waals surface area contributed by atoms with E-state index in [1.807, 2.05) is 52.8 Å². The molecule has 36 heavy (non-hydrogen) atoms. The SMILES string of the molecule is CCCCCN(C(=O)C(CC(N)=O)NC(=O)OC(C)(C)C)C(C(=O)NC(C)C)c1cc(C)ccc1C. The predicted molar refractivity (Wildman–Crippen MR) is 140 cm³/mol. The van der Waals surface area contributed by atoms with Crippen LogP contribution in [0.4, 0.5) is 4.79 Å². The number of unbranched alkanes of at least 4 members (excludes halogenated alkanes) is 2. The Bertz CT molecular complexity index is 923. The molecule has 0 aliphatic heterocycles. The van der Waals surface area contributed by atoms with Crippen molar-refractivity contribution in [1.82, 2.24) is 15.5 Å². The van der Waals surface area contributed by atoms with Crippen LogP contribution in [0.2, 0.25) is 0 Å². The highest BCUT2D eigenvalue weighted by Gasteiger charge is 2.37. The minimum atomic E-state index is -1.28. The molecule has 0 aliphatic rings. The molecule has 1 rings (SSSR count). The van der Waals surface area contributed by atoms with Crippen LogP contribution < -0.4 is 16.4 Å². The first-order valence-corrected chi connectivity index (χ1v) is 12.6. The van der Waals surface area contributed by atoms with E-state index in [1.54, 1.807) is 20.8 Å². The normalized spacial score (nSPS) is 13.0. The zero-order valence-corrected chi connectivity index (χ0v) is 23.1. The van der Waals surface area contributed by atoms with Crippen LogP contribution in [0.25, 0.3) is 0 Å². The fraction of sp³-hybridized carbons (Fsp3) is 0.630. The number of amides is 4. The summed E-state index contributed by atoms with van der Waals surface area (Å²) in [4.78, 5) is 53.3. The third-order valence-corrected chi connectivity index (χ3v) is 5.40. The Balaban J connectivity index is 3.57. The number of nitrogens with two attached hydrogens (primary N) is 1. The second kappa shape index (κ2) is 13.8. The molecular formula is C27H44N4O5. The molecule has 202 valence electrons. The number of nitrogens with zero attached hydrogens (tertiary/aromatic N) is 1. The number of hydrogen-bond donors (Lipinski definition) is 3. The zero-order valence-electron chi connectivity index (χ0n) is 23.1. The van der Waals surface area contributed by atoms with Gasteiger partial charge in [-0.25, -0.2) is 4.79 Å². The van der Waals surface area contributed by atoms with Crippen molar-refractivity contribution in [2.75, 3.05) is 6.54 Å². The summed E-state index contributed by atoms with van der Waals surface area (Å²) in [5.41, 5.74) is 7.11. The van der Waals surface area contributed by atoms with Crippen LogP contribution in [-0.2, 0) is 19.1 Å². The van der Waals surface area contributed by atoms with Gasteiger partial charge in [-0.2, -0.15) is 0 Å². The summed E-state index contributed by atoms with van der Waals surface area (Å²) >= 11 is 0. The molecule has 0 saturated heterocycles. The van der Waals surface area contributed by atoms with Crippen LogP contribution >= 0.6 is 0 Å². The average molecular weight is 505 g/mol. The molecule has 4 N–H and O–H groups in total. The van der Waals surface area contributed by atoms with E-state index in [9.17, 15) is 19.2 Å². The molecule has 0 saturated carbocycles. The van der Waals surface area contributed by atoms with Gasteiger partial charge in [-0.05, 0) is 66.0 Å². The largest absolute Gasteiger partial charge is 0.444 e. The zero-order chi connectivity index (χ0) is 27.6. The molecule has 0 aromatic heterocycles. The van der Waals surface area contributed by atoms with Crippen molar-refractivity contribution in [2.24, 2.45) is 5.73 Å². The van der Waals surface area contributed by atoms with Crippen LogP contribution in [0.1, 0.15) is 90.0 Å². The van der Waals surface area contributed by atoms with Gasteiger partial charge in [-0.1, -0.05) is 43.5 Å². The monoisotopic (exact) mass is 504 g/mol. The smallest absolute Gasteiger partial charge is 0.408 e. The Hall–Kier alpha value is -3.10. The van der Waals surface area contributed by atoms with Gasteiger partial charge in [0.05, 0.1) is 6.42 Å². The minimum absolute atomic E-state index is 0.154. The topological polar surface area (TPSA) is 131 Å². The number of rotatable bonds is 12. The van der Waals surface area contributed by atoms with E-state index in [0.29, 0.717) is 12.0 Å². The molecule has 0 radical (unpaired) electrons. The summed E-state index contributed by atoms with van der Waals surface area (Å²) in [6, 6.07) is 3.36. The summed E-state index contributed by atoms with van der Waals surface area (Å²) in [7, 11) is 0. The molecule has 0 spiro atoms. The average Bonchev–Trinajstić information content (AvgIpc) is 2.72. The van der Waals surface area contributed by atoms with Crippen LogP contribution in [0.3, 0.4) is 0 Å². The molecule has 9 heteroatoms. The number of nitrogens with one attached hydrogen (secondary N) is 2. The summed E-state index contributed by atoms with van der Waals surface area (Å²) in [6.07, 6.45) is 1.14. The lowest BCUT2D eigenvalue weighted by molar-refractivity contribution is -0.143. The number of ether oxygens (including phenoxy) is 1. The molecular weight excluding hydrogens is 460 g/mol. The number of primary amides is 1. The molecule has 0 heterocycles. The van der Waals surface area contributed by atoms with Gasteiger partial charge in [0, 0.05) is 12.6 Å². The fourth-order valence-electron chi connectivity index (χ4n) is 3.82. The van der Waals surface area contributed by atoms with E-state index in [4.69, 9.17) is 10.5 Å². The van der Waals surface area contributed by atoms with E-state index in [0.717, 1.165) is 24.0 Å². The highest BCUT2D eigenvalue weighted by Crippen LogP contribution is 2.28. The number of alkyl carbamates (subject to hydrolysis) is 1. The number of carbonyl (C=O) groups is 4. The number of hydrogen-bond acceptors (Lipinski definition) is 5. The van der Waals surface area contributed by atoms with E-state index in [1.165, 1.54) is 4.90 Å². The lowest BCUT2D eigenvalue weighted by Crippen LogP contribution is -2.54. The maximum Gasteiger partial charge on any atom is 0.408 e. The van der Waals surface area contributed by atoms with Gasteiger partial charge in [-0.15, -0.1) is 0 Å². The van der Waals surface area contributed by atoms with Gasteiger partial charge in [-0.3, -0.25) is 14.4 Å². The van der Waals surface area contributed by atoms with Crippen LogP contribution in [0.5, 0.6) is 0 Å². The standard InChI is InChI=1S/C27H44N4O5/c1-9-10-11-14-31(25(34)21(16-22(28)32)30-26(35)36-27(6,7)8)23(24(33)29-17(2)3)20-15-18(4)12-13-19(20)5/h12-13,15,17,21,23H,9-11,14,16H2,1-8H3,(H2,28,32)(H,29,33)(H,30,35). The van der Waals surface area contributed by atoms with Gasteiger partial charge >= 0.3 is 6.09 Å². The summed E-state index contributed by atoms with van der Waals surface area (Å²) in [5.74, 6) is -1.66. The number of carbonyl (C=O) groups excluding carboxylic acids is 4. The van der Waals surface area contributed by atoms with Gasteiger partial charge in [0.2, 0.25) is 17.7 Å². The molecule has 1 aromatic carbocycles. The molecule has 4 amide bonds. The fourth-order valence-corrected chi connectivity index (χ4v) is 3.82. The number of benzene rings is 1. The predicted octanol–water partition coefficient (Wildman–Crippen LogP) is 3.66. The Morgan fingerprint density at radius 2 is 1.69 bits per heavy atom. The van der Waals surface area contributed by atoms with Crippen molar-refractivity contribution in [2.45, 2.75) is 105 Å². The van der Waals surface area contributed by atoms with Gasteiger partial charge in [0.25, 0.3) is 0 Å². The second-order valence-electron chi connectivity index (χ2n) is 10.5. The van der Waals surface area contributed by atoms with Crippen molar-refractivity contribution >= 4 is 23.8 Å². The molecule has 1 aromatic rings. The molecule has 2 unspecified atom stereocenters. The summed E-state index contributed by atoms with van der Waals surface area (Å²) in [6.45, 7) is 14.9. The second-order valence-corrected chi connectivity index (χ2v) is 10.5. The van der Waals surface area contributed by atoms with Gasteiger partial charge in [0.15, 0.2) is 0 Å². The first kappa shape index (κ1) is 30.9. The molecule has 9 nitrogen and oxygen atoms in total. The third kappa shape index (κ3) is 10.3. The molecule has 0 bridgehead atoms. The van der Waals surface area contributed by atoms with Crippen LogP contribution in [0.15, 0.2) is 18.2 Å². The van der Waals surface area contributed by atoms with Crippen molar-refractivity contribution in [1.29, 1.82) is 0 Å². The van der Waals surface area contributed by atoms with E-state index in [2.05, 4.69) is 10.6 Å². The van der Waals surface area contributed by atoms with Crippen LogP contribution in [0, 0.1) is 13.8 Å². The Morgan fingerprint density at radius 3 is 2.22 bits per heavy atom. The summed E-state index contributed by atoms with van der Waals surface area (Å²) in [5, 5.41) is 5.43. The lowest BCUT2D eigenvalue weighted by atomic mass is 9.95. The maximum atomic E-state index is 13.9. The molecule has 2 atom stereocenters. The molecule has 0 aliphatic carbocycles. The van der Waals surface area contributed by atoms with Gasteiger partial charge < -0.3 is 26.0 Å². The van der Waals surface area contributed by atoms with E-state index >= 15 is 0 Å². The first-order valence-electron chi connectivity index (χ1n) is 12.6. The Kier molecular flexibility index (Phi) is 11.9. The van der Waals surface area contributed by atoms with Crippen molar-refractivity contribution in [3.63, 3.8) is 0 Å². The Morgan fingerprint density at radius 1 is 1.06 bits per heavy atom. The Labute approximate surface area is 215 Å². The molecule has 0 fully saturated rings. The van der Waals surface area contributed by atoms with Crippen LogP contribution in [-0.4, -0.2) is 52.9 Å². The van der Waals surface area contributed by atoms with Crippen molar-refractivity contribution in [3.05, 3.63) is 34.9 Å². The number of aryl methyl sites for hydroxylation is 2. The highest BCUT2D eigenvalue weighted by molar-refractivity contribution is 5.94. The minimum Gasteiger partial charge on any atom is -0.444 e. The quantitative estimate of drug-likeness (QED) is 0.374. The third-order valence-electron chi connectivity index (χ3n) is 5.40.